The number of nitrogens with zero attached hydrogens (tertiary/aromatic N) is 2. The Hall–Kier alpha value is -2.77. The molecule has 0 aliphatic rings. The van der Waals surface area contributed by atoms with Gasteiger partial charge in [-0.25, -0.2) is 0 Å². The lowest BCUT2D eigenvalue weighted by atomic mass is 10.0. The van der Waals surface area contributed by atoms with Gasteiger partial charge in [-0.3, -0.25) is 0 Å². The van der Waals surface area contributed by atoms with Gasteiger partial charge in [0.15, 0.2) is 0 Å². The molecule has 1 aromatic carbocycles. The van der Waals surface area contributed by atoms with Gasteiger partial charge >= 0.3 is 0 Å². The summed E-state index contributed by atoms with van der Waals surface area (Å²) in [6.07, 6.45) is 2.64. The molecule has 0 aliphatic heterocycles. The van der Waals surface area contributed by atoms with Gasteiger partial charge in [-0.1, -0.05) is 47.6 Å². The lowest BCUT2D eigenvalue weighted by Crippen LogP contribution is -2.02. The van der Waals surface area contributed by atoms with E-state index in [4.69, 9.17) is 15.1 Å². The molecule has 0 atom stereocenters. The Morgan fingerprint density at radius 1 is 1.03 bits per heavy atom. The smallest absolute Gasteiger partial charge is 0.142 e. The average Bonchev–Trinajstić information content (AvgIpc) is 2.78. The second kappa shape index (κ2) is 34.7. The summed E-state index contributed by atoms with van der Waals surface area (Å²) in [6, 6.07) is 7.93. The summed E-state index contributed by atoms with van der Waals surface area (Å²) in [5, 5.41) is 14.5. The van der Waals surface area contributed by atoms with E-state index in [1.807, 2.05) is 52.0 Å². The Balaban J connectivity index is -0.000000145. The summed E-state index contributed by atoms with van der Waals surface area (Å²) in [5.74, 6) is 0. The highest BCUT2D eigenvalue weighted by Crippen LogP contribution is 2.12. The number of hydrogen-bond donors (Lipinski definition) is 3. The Morgan fingerprint density at radius 3 is 1.84 bits per heavy atom. The molecule has 0 heterocycles. The normalized spacial score (nSPS) is 9.00. The second-order valence-electron chi connectivity index (χ2n) is 5.38. The van der Waals surface area contributed by atoms with Gasteiger partial charge in [0.05, 0.1) is 11.4 Å². The molecular weight excluding hydrogens is 390 g/mol. The molecule has 0 bridgehead atoms. The van der Waals surface area contributed by atoms with Crippen LogP contribution in [0.2, 0.25) is 0 Å². The number of oxime groups is 2. The third-order valence-electron chi connectivity index (χ3n) is 2.59. The van der Waals surface area contributed by atoms with Crippen molar-refractivity contribution in [1.82, 2.24) is 0 Å². The third-order valence-corrected chi connectivity index (χ3v) is 2.59. The van der Waals surface area contributed by atoms with Gasteiger partial charge in [0.1, 0.15) is 13.7 Å². The van der Waals surface area contributed by atoms with Crippen LogP contribution < -0.4 is 11.5 Å². The maximum absolute atomic E-state index is 6.50. The molecule has 1 aromatic rings. The van der Waals surface area contributed by atoms with Crippen molar-refractivity contribution in [2.24, 2.45) is 21.8 Å². The minimum Gasteiger partial charge on any atom is -0.399 e. The quantitative estimate of drug-likeness (QED) is 0.307. The predicted octanol–water partition coefficient (Wildman–Crippen LogP) is 5.55. The number of hydrogen-bond acceptors (Lipinski definition) is 7. The maximum Gasteiger partial charge on any atom is 0.142 e. The van der Waals surface area contributed by atoms with Crippen LogP contribution in [0.1, 0.15) is 59.1 Å². The highest BCUT2D eigenvalue weighted by molar-refractivity contribution is 5.99. The highest BCUT2D eigenvalue weighted by atomic mass is 16.6. The number of allylic oxidation sites excluding steroid dienone is 1. The van der Waals surface area contributed by atoms with Crippen LogP contribution in [0.4, 0.5) is 0 Å². The van der Waals surface area contributed by atoms with Crippen molar-refractivity contribution in [3.63, 3.8) is 0 Å². The lowest BCUT2D eigenvalue weighted by molar-refractivity contribution is 0.129. The molecule has 0 saturated carbocycles. The fraction of sp³-hybridized carbons (Fsp3) is 0.458. The first-order valence-electron chi connectivity index (χ1n) is 9.89. The van der Waals surface area contributed by atoms with E-state index in [0.29, 0.717) is 12.3 Å². The monoisotopic (exact) mass is 437 g/mol. The van der Waals surface area contributed by atoms with Gasteiger partial charge in [-0.2, -0.15) is 0 Å². The van der Waals surface area contributed by atoms with Crippen molar-refractivity contribution >= 4 is 17.1 Å². The molecule has 180 valence electrons. The number of nitrogens with one attached hydrogen (secondary N) is 1. The molecule has 0 radical (unpaired) electrons. The van der Waals surface area contributed by atoms with Gasteiger partial charge in [0.2, 0.25) is 0 Å². The summed E-state index contributed by atoms with van der Waals surface area (Å²) < 4.78 is 0. The minimum absolute atomic E-state index is 0.435. The topological polar surface area (TPSA) is 119 Å². The lowest BCUT2D eigenvalue weighted by Gasteiger charge is -2.07. The zero-order valence-electron chi connectivity index (χ0n) is 21.3. The van der Waals surface area contributed by atoms with E-state index in [1.165, 1.54) is 21.2 Å². The van der Waals surface area contributed by atoms with Crippen LogP contribution in [0.5, 0.6) is 0 Å². The summed E-state index contributed by atoms with van der Waals surface area (Å²) >= 11 is 0. The van der Waals surface area contributed by atoms with Crippen LogP contribution in [0.3, 0.4) is 0 Å². The molecule has 0 unspecified atom stereocenters. The van der Waals surface area contributed by atoms with E-state index in [1.54, 1.807) is 19.9 Å². The molecule has 0 fully saturated rings. The van der Waals surface area contributed by atoms with E-state index in [9.17, 15) is 0 Å². The fourth-order valence-electron chi connectivity index (χ4n) is 1.46. The Morgan fingerprint density at radius 2 is 1.45 bits per heavy atom. The van der Waals surface area contributed by atoms with Crippen LogP contribution in [0.25, 0.3) is 0 Å². The molecule has 7 nitrogen and oxygen atoms in total. The number of nitrogens with two attached hydrogens (primary N) is 2. The second-order valence-corrected chi connectivity index (χ2v) is 5.38. The first kappa shape index (κ1) is 38.8. The molecule has 0 amide bonds. The van der Waals surface area contributed by atoms with Gasteiger partial charge in [0.25, 0.3) is 0 Å². The zero-order chi connectivity index (χ0) is 25.7. The molecule has 5 N–H and O–H groups in total. The summed E-state index contributed by atoms with van der Waals surface area (Å²) in [7, 11) is 4.54. The van der Waals surface area contributed by atoms with Crippen molar-refractivity contribution in [2.45, 2.75) is 54.6 Å². The first-order chi connectivity index (χ1) is 14.8. The molecular formula is C24H47N5O2. The van der Waals surface area contributed by atoms with E-state index in [2.05, 4.69) is 41.5 Å². The molecule has 0 spiro atoms. The molecule has 0 saturated heterocycles. The maximum atomic E-state index is 6.50. The molecule has 0 aromatic heterocycles. The molecule has 0 aliphatic carbocycles. The average molecular weight is 438 g/mol. The molecule has 1 rings (SSSR count). The van der Waals surface area contributed by atoms with Crippen LogP contribution in [0, 0.1) is 5.41 Å². The predicted molar refractivity (Wildman–Crippen MR) is 140 cm³/mol. The zero-order valence-corrected chi connectivity index (χ0v) is 21.3. The summed E-state index contributed by atoms with van der Waals surface area (Å²) in [4.78, 5) is 10.1. The fourth-order valence-corrected chi connectivity index (χ4v) is 1.46. The largest absolute Gasteiger partial charge is 0.399 e. The van der Waals surface area contributed by atoms with Gasteiger partial charge in [-0.05, 0) is 55.1 Å². The van der Waals surface area contributed by atoms with Crippen molar-refractivity contribution < 1.29 is 9.68 Å². The minimum atomic E-state index is 0.435. The van der Waals surface area contributed by atoms with Crippen molar-refractivity contribution in [3.05, 3.63) is 61.2 Å². The van der Waals surface area contributed by atoms with Gasteiger partial charge < -0.3 is 26.6 Å². The van der Waals surface area contributed by atoms with E-state index in [0.717, 1.165) is 29.0 Å². The van der Waals surface area contributed by atoms with Crippen LogP contribution in [-0.2, 0) is 16.3 Å². The van der Waals surface area contributed by atoms with Crippen molar-refractivity contribution in [3.8, 4) is 0 Å². The van der Waals surface area contributed by atoms with Crippen LogP contribution >= 0.6 is 0 Å². The summed E-state index contributed by atoms with van der Waals surface area (Å²) in [6.45, 7) is 21.1. The third kappa shape index (κ3) is 32.1. The Labute approximate surface area is 191 Å². The summed E-state index contributed by atoms with van der Waals surface area (Å²) in [5.41, 5.74) is 13.5. The standard InChI is InChI=1S/C14H20N2O2.C3H7N.C3H6.C2H4.2CH5N/c1-5-11(2)15-18-10-13-8-6-7-9-14(13)12(3)16-17-4;1-3(2)4;1-3-2;3*1-2/h6-9H,5,10H2,1-4H3;4H,1-2H3;3H,1H2,2H3;1-2H2;2*2H2,1H3/b15-11+,16-12-;;;;;. The number of rotatable bonds is 6. The highest BCUT2D eigenvalue weighted by Gasteiger charge is 2.05. The van der Waals surface area contributed by atoms with E-state index in [-0.39, 0.29) is 0 Å². The van der Waals surface area contributed by atoms with Crippen LogP contribution in [0.15, 0.2) is 60.4 Å². The first-order valence-corrected chi connectivity index (χ1v) is 9.89. The number of benzene rings is 1. The van der Waals surface area contributed by atoms with E-state index < -0.39 is 0 Å². The van der Waals surface area contributed by atoms with Gasteiger partial charge in [0, 0.05) is 16.8 Å². The Bertz CT molecular complexity index is 581. The van der Waals surface area contributed by atoms with E-state index >= 15 is 0 Å². The van der Waals surface area contributed by atoms with Crippen molar-refractivity contribution in [2.75, 3.05) is 21.2 Å². The van der Waals surface area contributed by atoms with Crippen molar-refractivity contribution in [1.29, 1.82) is 5.41 Å². The van der Waals surface area contributed by atoms with Gasteiger partial charge in [-0.15, -0.1) is 19.7 Å². The molecule has 31 heavy (non-hydrogen) atoms. The van der Waals surface area contributed by atoms with Crippen LogP contribution in [-0.4, -0.2) is 38.3 Å². The Kier molecular flexibility index (Phi) is 43.4. The SMILES string of the molecule is C=C.C=CC.CC(C)=N.CC/C(C)=N/OCc1ccccc1/C(C)=N\OC.CN.CN. The molecule has 7 heteroatoms.